The molecule has 0 aromatic carbocycles. The first kappa shape index (κ1) is 26.7. The van der Waals surface area contributed by atoms with E-state index in [1.165, 1.54) is 18.9 Å². The maximum atomic E-state index is 10.7. The van der Waals surface area contributed by atoms with Gasteiger partial charge in [0.1, 0.15) is 12.5 Å². The second kappa shape index (κ2) is 13.9. The fraction of sp³-hybridized carbons (Fsp3) is 0.542. The lowest BCUT2D eigenvalue weighted by atomic mass is 9.90. The number of hydrogen-bond donors (Lipinski definition) is 5. The third kappa shape index (κ3) is 9.55. The highest BCUT2D eigenvalue weighted by Gasteiger charge is 2.26. The van der Waals surface area contributed by atoms with Crippen molar-refractivity contribution in [3.05, 3.63) is 53.7 Å². The van der Waals surface area contributed by atoms with Crippen LogP contribution in [-0.2, 0) is 0 Å². The predicted octanol–water partition coefficient (Wildman–Crippen LogP) is 3.90. The van der Waals surface area contributed by atoms with Crippen LogP contribution in [0.3, 0.4) is 0 Å². The molecule has 174 valence electrons. The van der Waals surface area contributed by atoms with Crippen LogP contribution in [0.4, 0.5) is 0 Å². The molecule has 0 unspecified atom stereocenters. The Labute approximate surface area is 186 Å². The zero-order valence-corrected chi connectivity index (χ0v) is 19.5. The van der Waals surface area contributed by atoms with Crippen molar-refractivity contribution in [3.63, 3.8) is 0 Å². The van der Waals surface area contributed by atoms with Crippen LogP contribution in [0.15, 0.2) is 46.6 Å². The minimum Gasteiger partial charge on any atom is -0.475 e. The average molecular weight is 434 g/mol. The summed E-state index contributed by atoms with van der Waals surface area (Å²) in [5, 5.41) is 27.3. The first-order valence-electron chi connectivity index (χ1n) is 11.1. The molecule has 0 radical (unpaired) electrons. The molecular formula is C24H39N3O4. The van der Waals surface area contributed by atoms with Crippen molar-refractivity contribution in [3.8, 4) is 0 Å². The minimum atomic E-state index is -1.08. The Hall–Kier alpha value is -2.35. The number of hydrogen-bond acceptors (Lipinski definition) is 6. The summed E-state index contributed by atoms with van der Waals surface area (Å²) in [6, 6.07) is 3.68. The van der Waals surface area contributed by atoms with E-state index in [4.69, 9.17) is 14.6 Å². The third-order valence-corrected chi connectivity index (χ3v) is 4.86. The van der Waals surface area contributed by atoms with E-state index in [2.05, 4.69) is 36.7 Å². The molecule has 1 fully saturated rings. The number of furan rings is 1. The molecular weight excluding hydrogens is 394 g/mol. The number of allylic oxidation sites excluding steroid dienone is 5. The molecule has 5 N–H and O–H groups in total. The van der Waals surface area contributed by atoms with E-state index in [0.29, 0.717) is 23.8 Å². The minimum absolute atomic E-state index is 0.0724. The molecule has 2 heterocycles. The van der Waals surface area contributed by atoms with Gasteiger partial charge in [0.25, 0.3) is 0 Å². The van der Waals surface area contributed by atoms with Crippen molar-refractivity contribution < 1.29 is 19.4 Å². The van der Waals surface area contributed by atoms with Crippen LogP contribution in [0, 0.1) is 0 Å². The molecule has 31 heavy (non-hydrogen) atoms. The van der Waals surface area contributed by atoms with Gasteiger partial charge in [-0.1, -0.05) is 39.8 Å². The van der Waals surface area contributed by atoms with Gasteiger partial charge in [-0.25, -0.2) is 4.79 Å². The van der Waals surface area contributed by atoms with Crippen molar-refractivity contribution in [1.29, 1.82) is 0 Å². The summed E-state index contributed by atoms with van der Waals surface area (Å²) in [5.74, 6) is -0.612. The van der Waals surface area contributed by atoms with Gasteiger partial charge in [-0.15, -0.1) is 0 Å². The first-order valence-corrected chi connectivity index (χ1v) is 11.1. The van der Waals surface area contributed by atoms with E-state index in [1.54, 1.807) is 12.1 Å². The molecule has 0 saturated carbocycles. The number of rotatable bonds is 6. The van der Waals surface area contributed by atoms with Crippen molar-refractivity contribution in [2.45, 2.75) is 65.5 Å². The zero-order valence-electron chi connectivity index (χ0n) is 19.5. The predicted molar refractivity (Wildman–Crippen MR) is 126 cm³/mol. The Morgan fingerprint density at radius 1 is 1.23 bits per heavy atom. The van der Waals surface area contributed by atoms with Gasteiger partial charge in [0, 0.05) is 17.3 Å². The van der Waals surface area contributed by atoms with Gasteiger partial charge in [-0.05, 0) is 69.1 Å². The largest absolute Gasteiger partial charge is 0.475 e. The van der Waals surface area contributed by atoms with Gasteiger partial charge in [0.2, 0.25) is 5.76 Å². The summed E-state index contributed by atoms with van der Waals surface area (Å²) in [6.07, 6.45) is 10.5. The monoisotopic (exact) mass is 433 g/mol. The third-order valence-electron chi connectivity index (χ3n) is 4.86. The smallest absolute Gasteiger partial charge is 0.371 e. The highest BCUT2D eigenvalue weighted by atomic mass is 16.4. The van der Waals surface area contributed by atoms with Crippen molar-refractivity contribution in [2.75, 3.05) is 19.8 Å². The van der Waals surface area contributed by atoms with Crippen LogP contribution < -0.4 is 16.0 Å². The topological polar surface area (TPSA) is 107 Å². The van der Waals surface area contributed by atoms with Gasteiger partial charge < -0.3 is 30.6 Å². The molecule has 0 amide bonds. The number of nitrogens with one attached hydrogen (secondary N) is 3. The molecule has 0 atom stereocenters. The molecule has 7 nitrogen and oxygen atoms in total. The Morgan fingerprint density at radius 2 is 1.90 bits per heavy atom. The van der Waals surface area contributed by atoms with Gasteiger partial charge in [-0.2, -0.15) is 0 Å². The van der Waals surface area contributed by atoms with Crippen LogP contribution in [0.25, 0.3) is 5.57 Å². The Balaban J connectivity index is 0.000000317. The molecule has 2 aliphatic rings. The average Bonchev–Trinajstić information content (AvgIpc) is 3.11. The van der Waals surface area contributed by atoms with Crippen LogP contribution in [0.5, 0.6) is 0 Å². The van der Waals surface area contributed by atoms with Crippen LogP contribution in [0.2, 0.25) is 0 Å². The van der Waals surface area contributed by atoms with E-state index in [-0.39, 0.29) is 12.5 Å². The fourth-order valence-electron chi connectivity index (χ4n) is 3.46. The summed E-state index contributed by atoms with van der Waals surface area (Å²) >= 11 is 0. The van der Waals surface area contributed by atoms with Gasteiger partial charge in [-0.3, -0.25) is 0 Å². The Kier molecular flexibility index (Phi) is 11.9. The first-order chi connectivity index (χ1) is 14.8. The summed E-state index contributed by atoms with van der Waals surface area (Å²) in [6.45, 7) is 12.9. The summed E-state index contributed by atoms with van der Waals surface area (Å²) < 4.78 is 5.23. The number of aliphatic hydroxyl groups excluding tert-OH is 1. The van der Waals surface area contributed by atoms with Crippen LogP contribution in [-0.4, -0.2) is 47.6 Å². The second-order valence-corrected chi connectivity index (χ2v) is 7.83. The lowest BCUT2D eigenvalue weighted by Crippen LogP contribution is -2.52. The maximum absolute atomic E-state index is 10.7. The highest BCUT2D eigenvalue weighted by Crippen LogP contribution is 2.23. The summed E-state index contributed by atoms with van der Waals surface area (Å²) in [7, 11) is 0. The van der Waals surface area contributed by atoms with Crippen LogP contribution in [0.1, 0.15) is 70.2 Å². The van der Waals surface area contributed by atoms with Crippen LogP contribution >= 0.6 is 0 Å². The fourth-order valence-corrected chi connectivity index (χ4v) is 3.46. The number of piperidine rings is 1. The number of aromatic carboxylic acids is 1. The zero-order chi connectivity index (χ0) is 23.3. The van der Waals surface area contributed by atoms with Crippen molar-refractivity contribution in [1.82, 2.24) is 16.0 Å². The maximum Gasteiger partial charge on any atom is 0.371 e. The Morgan fingerprint density at radius 3 is 2.45 bits per heavy atom. The molecule has 1 aromatic rings. The van der Waals surface area contributed by atoms with E-state index < -0.39 is 5.97 Å². The molecule has 1 saturated heterocycles. The standard InChI is InChI=1S/C13H13NO4.C9H20N2.C2H6/c15-8-14-10-3-1-2-9(4-5-10)11-6-7-12(18-11)13(16)17;1-8(2)11-9(3)4-6-10-7-5-9;1-2/h1,3-7,14-15H,2,8H2,(H,16,17);8,10-11H,4-7H2,1-3H3;1-2H3. The lowest BCUT2D eigenvalue weighted by molar-refractivity contribution is 0.0662. The molecule has 7 heteroatoms. The van der Waals surface area contributed by atoms with Crippen molar-refractivity contribution >= 4 is 11.5 Å². The molecule has 3 rings (SSSR count). The van der Waals surface area contributed by atoms with Gasteiger partial charge >= 0.3 is 5.97 Å². The molecule has 0 bridgehead atoms. The molecule has 1 aliphatic heterocycles. The number of carboxylic acids is 1. The molecule has 1 aliphatic carbocycles. The van der Waals surface area contributed by atoms with E-state index in [0.717, 1.165) is 24.4 Å². The molecule has 1 aromatic heterocycles. The number of carboxylic acid groups (broad SMARTS) is 1. The SMILES string of the molecule is CC.CC(C)NC1(C)CCNCC1.O=C(O)c1ccc(C2=CC=C(NCO)C=CC2)o1. The summed E-state index contributed by atoms with van der Waals surface area (Å²) in [4.78, 5) is 10.7. The normalized spacial score (nSPS) is 17.3. The Bertz CT molecular complexity index is 757. The number of aliphatic hydroxyl groups is 1. The van der Waals surface area contributed by atoms with Gasteiger partial charge in [0.15, 0.2) is 0 Å². The van der Waals surface area contributed by atoms with E-state index in [1.807, 2.05) is 32.1 Å². The lowest BCUT2D eigenvalue weighted by Gasteiger charge is -2.36. The van der Waals surface area contributed by atoms with Gasteiger partial charge in [0.05, 0.1) is 0 Å². The quantitative estimate of drug-likeness (QED) is 0.433. The van der Waals surface area contributed by atoms with Crippen molar-refractivity contribution in [2.24, 2.45) is 0 Å². The van der Waals surface area contributed by atoms with E-state index >= 15 is 0 Å². The second-order valence-electron chi connectivity index (χ2n) is 7.83. The highest BCUT2D eigenvalue weighted by molar-refractivity contribution is 5.85. The molecule has 0 spiro atoms. The number of carbonyl (C=O) groups is 1. The van der Waals surface area contributed by atoms with E-state index in [9.17, 15) is 4.79 Å². The summed E-state index contributed by atoms with van der Waals surface area (Å²) in [5.41, 5.74) is 2.06.